The summed E-state index contributed by atoms with van der Waals surface area (Å²) in [4.78, 5) is 12.2. The molecule has 0 fully saturated rings. The molecule has 2 aromatic carbocycles. The fraction of sp³-hybridized carbons (Fsp3) is 0.250. The average molecular weight is 403 g/mol. The first-order valence-corrected chi connectivity index (χ1v) is 9.17. The maximum absolute atomic E-state index is 13.0. The number of thiocarbonyl (C=S) groups is 1. The van der Waals surface area contributed by atoms with E-state index in [1.165, 1.54) is 31.4 Å². The number of hydrogen-bond donors (Lipinski definition) is 2. The molecule has 0 spiro atoms. The fourth-order valence-corrected chi connectivity index (χ4v) is 2.33. The second-order valence-electron chi connectivity index (χ2n) is 5.79. The van der Waals surface area contributed by atoms with Gasteiger partial charge in [-0.3, -0.25) is 5.43 Å². The van der Waals surface area contributed by atoms with Crippen molar-refractivity contribution in [3.63, 3.8) is 0 Å². The minimum absolute atomic E-state index is 0.238. The first-order chi connectivity index (χ1) is 13.5. The number of carbonyl (C=O) groups is 1. The first kappa shape index (κ1) is 21.3. The number of benzene rings is 2. The van der Waals surface area contributed by atoms with Gasteiger partial charge in [-0.2, -0.15) is 5.10 Å². The Labute approximate surface area is 168 Å². The number of nitrogens with one attached hydrogen (secondary N) is 2. The molecule has 0 saturated carbocycles. The van der Waals surface area contributed by atoms with Gasteiger partial charge in [-0.1, -0.05) is 13.3 Å². The van der Waals surface area contributed by atoms with Crippen LogP contribution in [0.3, 0.4) is 0 Å². The van der Waals surface area contributed by atoms with Gasteiger partial charge in [0.1, 0.15) is 5.82 Å². The Hall–Kier alpha value is -3.00. The monoisotopic (exact) mass is 403 g/mol. The van der Waals surface area contributed by atoms with Crippen LogP contribution < -0.4 is 20.2 Å². The lowest BCUT2D eigenvalue weighted by Crippen LogP contribution is -2.32. The predicted molar refractivity (Wildman–Crippen MR) is 111 cm³/mol. The van der Waals surface area contributed by atoms with Crippen LogP contribution in [0.1, 0.15) is 35.7 Å². The van der Waals surface area contributed by atoms with Crippen LogP contribution in [-0.2, 0) is 0 Å². The van der Waals surface area contributed by atoms with Crippen LogP contribution >= 0.6 is 12.2 Å². The summed E-state index contributed by atoms with van der Waals surface area (Å²) in [5, 5.41) is 7.55. The molecule has 0 atom stereocenters. The Bertz CT molecular complexity index is 841. The summed E-state index contributed by atoms with van der Waals surface area (Å²) in [6, 6.07) is 10.1. The average Bonchev–Trinajstić information content (AvgIpc) is 2.69. The van der Waals surface area contributed by atoms with Crippen LogP contribution in [0.15, 0.2) is 47.6 Å². The van der Waals surface area contributed by atoms with E-state index in [0.29, 0.717) is 10.9 Å². The second-order valence-corrected chi connectivity index (χ2v) is 6.19. The summed E-state index contributed by atoms with van der Waals surface area (Å²) in [5.74, 6) is -0.418. The molecular formula is C20H22FN3O3S. The molecular weight excluding hydrogens is 381 g/mol. The van der Waals surface area contributed by atoms with Gasteiger partial charge in [-0.05, 0) is 66.7 Å². The van der Waals surface area contributed by atoms with Gasteiger partial charge in [0, 0.05) is 6.54 Å². The summed E-state index contributed by atoms with van der Waals surface area (Å²) >= 11 is 5.11. The number of esters is 1. The molecule has 8 heteroatoms. The Morgan fingerprint density at radius 3 is 2.64 bits per heavy atom. The molecule has 0 aliphatic carbocycles. The van der Waals surface area contributed by atoms with Crippen LogP contribution in [0.5, 0.6) is 11.5 Å². The predicted octanol–water partition coefficient (Wildman–Crippen LogP) is 3.65. The molecule has 0 saturated heterocycles. The third-order valence-electron chi connectivity index (χ3n) is 3.67. The lowest BCUT2D eigenvalue weighted by Gasteiger charge is -2.10. The van der Waals surface area contributed by atoms with Crippen LogP contribution in [0.25, 0.3) is 0 Å². The zero-order valence-electron chi connectivity index (χ0n) is 15.7. The molecule has 0 aromatic heterocycles. The van der Waals surface area contributed by atoms with Crippen molar-refractivity contribution in [2.75, 3.05) is 13.7 Å². The summed E-state index contributed by atoms with van der Waals surface area (Å²) in [6.07, 6.45) is 3.68. The van der Waals surface area contributed by atoms with E-state index in [1.54, 1.807) is 24.4 Å². The van der Waals surface area contributed by atoms with E-state index < -0.39 is 11.8 Å². The van der Waals surface area contributed by atoms with E-state index in [9.17, 15) is 9.18 Å². The highest BCUT2D eigenvalue weighted by molar-refractivity contribution is 7.80. The van der Waals surface area contributed by atoms with E-state index in [-0.39, 0.29) is 11.3 Å². The molecule has 0 bridgehead atoms. The van der Waals surface area contributed by atoms with E-state index in [1.807, 2.05) is 0 Å². The summed E-state index contributed by atoms with van der Waals surface area (Å²) in [7, 11) is 1.47. The summed E-state index contributed by atoms with van der Waals surface area (Å²) in [5.41, 5.74) is 3.70. The van der Waals surface area contributed by atoms with Gasteiger partial charge < -0.3 is 14.8 Å². The number of hydrogen-bond acceptors (Lipinski definition) is 5. The molecule has 0 radical (unpaired) electrons. The SMILES string of the molecule is CCCCNC(=S)N/N=C/c1ccc(OC(=O)c2ccc(F)cc2)c(OC)c1. The van der Waals surface area contributed by atoms with Gasteiger partial charge in [0.15, 0.2) is 16.6 Å². The standard InChI is InChI=1S/C20H22FN3O3S/c1-3-4-11-22-20(28)24-23-13-14-5-10-17(18(12-14)26-2)27-19(25)15-6-8-16(21)9-7-15/h5-10,12-13H,3-4,11H2,1-2H3,(H2,22,24,28)/b23-13+. The highest BCUT2D eigenvalue weighted by Crippen LogP contribution is 2.28. The third kappa shape index (κ3) is 6.62. The van der Waals surface area contributed by atoms with Crippen LogP contribution in [0.4, 0.5) is 4.39 Å². The quantitative estimate of drug-likeness (QED) is 0.175. The van der Waals surface area contributed by atoms with Crippen molar-refractivity contribution in [2.45, 2.75) is 19.8 Å². The Morgan fingerprint density at radius 2 is 1.96 bits per heavy atom. The largest absolute Gasteiger partial charge is 0.493 e. The van der Waals surface area contributed by atoms with Crippen LogP contribution in [-0.4, -0.2) is 31.0 Å². The lowest BCUT2D eigenvalue weighted by molar-refractivity contribution is 0.0729. The van der Waals surface area contributed by atoms with Crippen molar-refractivity contribution < 1.29 is 18.7 Å². The molecule has 2 rings (SSSR count). The van der Waals surface area contributed by atoms with Gasteiger partial charge >= 0.3 is 5.97 Å². The maximum atomic E-state index is 13.0. The topological polar surface area (TPSA) is 72.0 Å². The Morgan fingerprint density at radius 1 is 1.21 bits per heavy atom. The zero-order valence-corrected chi connectivity index (χ0v) is 16.5. The molecule has 2 aromatic rings. The zero-order chi connectivity index (χ0) is 20.4. The van der Waals surface area contributed by atoms with Gasteiger partial charge in [-0.25, -0.2) is 9.18 Å². The highest BCUT2D eigenvalue weighted by Gasteiger charge is 2.13. The highest BCUT2D eigenvalue weighted by atomic mass is 32.1. The third-order valence-corrected chi connectivity index (χ3v) is 3.90. The van der Waals surface area contributed by atoms with E-state index in [2.05, 4.69) is 22.8 Å². The van der Waals surface area contributed by atoms with E-state index in [0.717, 1.165) is 24.9 Å². The van der Waals surface area contributed by atoms with Crippen molar-refractivity contribution in [3.05, 3.63) is 59.4 Å². The van der Waals surface area contributed by atoms with Crippen LogP contribution in [0.2, 0.25) is 0 Å². The summed E-state index contributed by atoms with van der Waals surface area (Å²) < 4.78 is 23.6. The molecule has 0 unspecified atom stereocenters. The number of ether oxygens (including phenoxy) is 2. The van der Waals surface area contributed by atoms with Crippen molar-refractivity contribution in [1.29, 1.82) is 0 Å². The second kappa shape index (κ2) is 11.0. The number of rotatable bonds is 8. The number of methoxy groups -OCH3 is 1. The van der Waals surface area contributed by atoms with Crippen molar-refractivity contribution in [2.24, 2.45) is 5.10 Å². The van der Waals surface area contributed by atoms with Crippen molar-refractivity contribution in [3.8, 4) is 11.5 Å². The van der Waals surface area contributed by atoms with Crippen molar-refractivity contribution >= 4 is 29.5 Å². The Balaban J connectivity index is 1.99. The Kier molecular flexibility index (Phi) is 8.36. The van der Waals surface area contributed by atoms with E-state index >= 15 is 0 Å². The van der Waals surface area contributed by atoms with Gasteiger partial charge in [0.05, 0.1) is 18.9 Å². The maximum Gasteiger partial charge on any atom is 0.343 e. The number of hydrazone groups is 1. The molecule has 2 N–H and O–H groups in total. The van der Waals surface area contributed by atoms with Crippen molar-refractivity contribution in [1.82, 2.24) is 10.7 Å². The number of nitrogens with zero attached hydrogens (tertiary/aromatic N) is 1. The molecule has 6 nitrogen and oxygen atoms in total. The van der Waals surface area contributed by atoms with Gasteiger partial charge in [0.25, 0.3) is 0 Å². The lowest BCUT2D eigenvalue weighted by atomic mass is 10.2. The molecule has 0 aliphatic heterocycles. The fourth-order valence-electron chi connectivity index (χ4n) is 2.18. The van der Waals surface area contributed by atoms with Crippen LogP contribution in [0, 0.1) is 5.82 Å². The number of unbranched alkanes of at least 4 members (excludes halogenated alkanes) is 1. The molecule has 0 aliphatic rings. The minimum atomic E-state index is -0.607. The molecule has 0 amide bonds. The molecule has 0 heterocycles. The molecule has 28 heavy (non-hydrogen) atoms. The normalized spacial score (nSPS) is 10.5. The number of halogens is 1. The first-order valence-electron chi connectivity index (χ1n) is 8.76. The number of carbonyl (C=O) groups excluding carboxylic acids is 1. The minimum Gasteiger partial charge on any atom is -0.493 e. The summed E-state index contributed by atoms with van der Waals surface area (Å²) in [6.45, 7) is 2.89. The smallest absolute Gasteiger partial charge is 0.343 e. The van der Waals surface area contributed by atoms with Gasteiger partial charge in [0.2, 0.25) is 0 Å². The van der Waals surface area contributed by atoms with E-state index in [4.69, 9.17) is 21.7 Å². The van der Waals surface area contributed by atoms with Gasteiger partial charge in [-0.15, -0.1) is 0 Å². The molecule has 148 valence electrons.